The first kappa shape index (κ1) is 23.0. The topological polar surface area (TPSA) is 97.4 Å². The predicted octanol–water partition coefficient (Wildman–Crippen LogP) is 2.89. The molecular weight excluding hydrogens is 444 g/mol. The fourth-order valence-corrected chi connectivity index (χ4v) is 4.11. The van der Waals surface area contributed by atoms with Crippen molar-refractivity contribution in [3.63, 3.8) is 0 Å². The maximum absolute atomic E-state index is 12.7. The van der Waals surface area contributed by atoms with E-state index in [1.54, 1.807) is 18.3 Å². The van der Waals surface area contributed by atoms with E-state index >= 15 is 0 Å². The standard InChI is InChI=1S/C23H27ClN6O3/c1-2-7-19-26-20(33-27-19)10-6-11-21(31)29-14-12-28(13-15-29)18-16-25-30(23(32)22(18)24)17-8-4-3-5-9-17/h3-5,8-9,16H,2,6-7,10-15H2,1H3. The Morgan fingerprint density at radius 1 is 1.12 bits per heavy atom. The minimum atomic E-state index is -0.359. The molecule has 0 spiro atoms. The van der Waals surface area contributed by atoms with Crippen molar-refractivity contribution in [2.75, 3.05) is 31.1 Å². The Hall–Kier alpha value is -3.20. The summed E-state index contributed by atoms with van der Waals surface area (Å²) in [5, 5.41) is 8.37. The molecule has 0 radical (unpaired) electrons. The summed E-state index contributed by atoms with van der Waals surface area (Å²) in [7, 11) is 0. The third-order valence-electron chi connectivity index (χ3n) is 5.64. The van der Waals surface area contributed by atoms with Gasteiger partial charge in [-0.3, -0.25) is 9.59 Å². The van der Waals surface area contributed by atoms with Gasteiger partial charge in [0.05, 0.1) is 17.6 Å². The largest absolute Gasteiger partial charge is 0.365 e. The van der Waals surface area contributed by atoms with E-state index in [0.29, 0.717) is 62.7 Å². The van der Waals surface area contributed by atoms with Crippen LogP contribution in [0.5, 0.6) is 0 Å². The average molecular weight is 471 g/mol. The average Bonchev–Trinajstić information content (AvgIpc) is 3.29. The predicted molar refractivity (Wildman–Crippen MR) is 125 cm³/mol. The lowest BCUT2D eigenvalue weighted by molar-refractivity contribution is -0.131. The molecule has 10 heteroatoms. The summed E-state index contributed by atoms with van der Waals surface area (Å²) in [6, 6.07) is 9.16. The Bertz CT molecular complexity index is 1140. The second-order valence-electron chi connectivity index (χ2n) is 7.97. The highest BCUT2D eigenvalue weighted by Crippen LogP contribution is 2.23. The van der Waals surface area contributed by atoms with E-state index in [2.05, 4.69) is 22.2 Å². The normalized spacial score (nSPS) is 14.0. The molecule has 2 aromatic heterocycles. The number of benzene rings is 1. The number of amides is 1. The summed E-state index contributed by atoms with van der Waals surface area (Å²) in [4.78, 5) is 33.5. The number of hydrogen-bond acceptors (Lipinski definition) is 7. The summed E-state index contributed by atoms with van der Waals surface area (Å²) in [6.07, 6.45) is 5.08. The molecule has 0 saturated carbocycles. The Balaban J connectivity index is 1.30. The molecule has 4 rings (SSSR count). The number of piperazine rings is 1. The Morgan fingerprint density at radius 3 is 2.61 bits per heavy atom. The molecule has 33 heavy (non-hydrogen) atoms. The number of carbonyl (C=O) groups is 1. The van der Waals surface area contributed by atoms with Crippen molar-refractivity contribution >= 4 is 23.2 Å². The number of anilines is 1. The molecule has 1 aliphatic heterocycles. The van der Waals surface area contributed by atoms with Gasteiger partial charge in [-0.2, -0.15) is 14.8 Å². The van der Waals surface area contributed by atoms with Crippen molar-refractivity contribution in [1.82, 2.24) is 24.8 Å². The minimum absolute atomic E-state index is 0.103. The van der Waals surface area contributed by atoms with Gasteiger partial charge in [-0.1, -0.05) is 41.9 Å². The molecule has 1 aromatic carbocycles. The highest BCUT2D eigenvalue weighted by atomic mass is 35.5. The van der Waals surface area contributed by atoms with Crippen LogP contribution in [0.3, 0.4) is 0 Å². The molecule has 1 aliphatic rings. The molecule has 1 amide bonds. The quantitative estimate of drug-likeness (QED) is 0.499. The molecule has 174 valence electrons. The fourth-order valence-electron chi connectivity index (χ4n) is 3.86. The highest BCUT2D eigenvalue weighted by Gasteiger charge is 2.24. The number of aryl methyl sites for hydroxylation is 2. The summed E-state index contributed by atoms with van der Waals surface area (Å²) in [6.45, 7) is 4.38. The SMILES string of the molecule is CCCc1noc(CCCC(=O)N2CCN(c3cnn(-c4ccccc4)c(=O)c3Cl)CC2)n1. The second-order valence-corrected chi connectivity index (χ2v) is 8.35. The van der Waals surface area contributed by atoms with Crippen molar-refractivity contribution in [1.29, 1.82) is 0 Å². The molecule has 3 heterocycles. The Kier molecular flexibility index (Phi) is 7.39. The van der Waals surface area contributed by atoms with E-state index < -0.39 is 0 Å². The number of hydrogen-bond donors (Lipinski definition) is 0. The number of halogens is 1. The molecule has 9 nitrogen and oxygen atoms in total. The zero-order valence-electron chi connectivity index (χ0n) is 18.6. The van der Waals surface area contributed by atoms with Crippen LogP contribution in [0.25, 0.3) is 5.69 Å². The van der Waals surface area contributed by atoms with Crippen molar-refractivity contribution in [2.45, 2.75) is 39.0 Å². The summed E-state index contributed by atoms with van der Waals surface area (Å²) >= 11 is 6.41. The monoisotopic (exact) mass is 470 g/mol. The molecule has 0 N–H and O–H groups in total. The van der Waals surface area contributed by atoms with Crippen LogP contribution in [0.15, 0.2) is 45.8 Å². The number of para-hydroxylation sites is 1. The van der Waals surface area contributed by atoms with Gasteiger partial charge in [0, 0.05) is 45.4 Å². The van der Waals surface area contributed by atoms with Crippen LogP contribution in [0, 0.1) is 0 Å². The first-order valence-corrected chi connectivity index (χ1v) is 11.6. The van der Waals surface area contributed by atoms with Crippen molar-refractivity contribution in [3.05, 3.63) is 63.6 Å². The molecule has 3 aromatic rings. The van der Waals surface area contributed by atoms with Gasteiger partial charge in [-0.15, -0.1) is 0 Å². The lowest BCUT2D eigenvalue weighted by Gasteiger charge is -2.36. The van der Waals surface area contributed by atoms with Crippen molar-refractivity contribution < 1.29 is 9.32 Å². The number of nitrogens with zero attached hydrogens (tertiary/aromatic N) is 6. The van der Waals surface area contributed by atoms with Crippen LogP contribution < -0.4 is 10.5 Å². The van der Waals surface area contributed by atoms with E-state index in [9.17, 15) is 9.59 Å². The van der Waals surface area contributed by atoms with E-state index in [0.717, 1.165) is 18.7 Å². The Labute approximate surface area is 197 Å². The summed E-state index contributed by atoms with van der Waals surface area (Å²) < 4.78 is 6.52. The molecule has 0 aliphatic carbocycles. The number of aromatic nitrogens is 4. The van der Waals surface area contributed by atoms with Crippen LogP contribution in [0.2, 0.25) is 5.02 Å². The molecule has 0 bridgehead atoms. The van der Waals surface area contributed by atoms with Gasteiger partial charge in [-0.25, -0.2) is 0 Å². The van der Waals surface area contributed by atoms with Gasteiger partial charge in [0.2, 0.25) is 11.8 Å². The van der Waals surface area contributed by atoms with Crippen LogP contribution in [-0.2, 0) is 17.6 Å². The third-order valence-corrected chi connectivity index (χ3v) is 5.99. The third kappa shape index (κ3) is 5.42. The van der Waals surface area contributed by atoms with Gasteiger partial charge in [0.25, 0.3) is 5.56 Å². The van der Waals surface area contributed by atoms with Crippen LogP contribution in [0.4, 0.5) is 5.69 Å². The molecule has 0 atom stereocenters. The number of rotatable bonds is 8. The maximum atomic E-state index is 12.7. The van der Waals surface area contributed by atoms with E-state index in [-0.39, 0.29) is 16.5 Å². The van der Waals surface area contributed by atoms with Gasteiger partial charge in [-0.05, 0) is 25.0 Å². The lowest BCUT2D eigenvalue weighted by Crippen LogP contribution is -2.49. The van der Waals surface area contributed by atoms with Crippen LogP contribution in [0.1, 0.15) is 37.9 Å². The molecule has 1 fully saturated rings. The van der Waals surface area contributed by atoms with E-state index in [1.165, 1.54) is 4.68 Å². The molecule has 0 unspecified atom stereocenters. The first-order chi connectivity index (χ1) is 16.1. The second kappa shape index (κ2) is 10.6. The van der Waals surface area contributed by atoms with Gasteiger partial charge in [0.1, 0.15) is 5.02 Å². The van der Waals surface area contributed by atoms with Gasteiger partial charge in [0.15, 0.2) is 5.82 Å². The maximum Gasteiger partial charge on any atom is 0.292 e. The first-order valence-electron chi connectivity index (χ1n) is 11.2. The van der Waals surface area contributed by atoms with Gasteiger partial charge < -0.3 is 14.3 Å². The zero-order chi connectivity index (χ0) is 23.2. The number of carbonyl (C=O) groups excluding carboxylic acids is 1. The minimum Gasteiger partial charge on any atom is -0.365 e. The summed E-state index contributed by atoms with van der Waals surface area (Å²) in [5.41, 5.74) is 0.899. The lowest BCUT2D eigenvalue weighted by atomic mass is 10.2. The molecule has 1 saturated heterocycles. The van der Waals surface area contributed by atoms with Gasteiger partial charge >= 0.3 is 0 Å². The van der Waals surface area contributed by atoms with Crippen LogP contribution in [-0.4, -0.2) is 56.9 Å². The Morgan fingerprint density at radius 2 is 1.88 bits per heavy atom. The fraction of sp³-hybridized carbons (Fsp3) is 0.435. The summed E-state index contributed by atoms with van der Waals surface area (Å²) in [5.74, 6) is 1.41. The molecular formula is C23H27ClN6O3. The van der Waals surface area contributed by atoms with E-state index in [1.807, 2.05) is 28.0 Å². The van der Waals surface area contributed by atoms with Crippen LogP contribution >= 0.6 is 11.6 Å². The highest BCUT2D eigenvalue weighted by molar-refractivity contribution is 6.33. The smallest absolute Gasteiger partial charge is 0.292 e. The zero-order valence-corrected chi connectivity index (χ0v) is 19.4. The van der Waals surface area contributed by atoms with E-state index in [4.69, 9.17) is 16.1 Å². The van der Waals surface area contributed by atoms with Crippen molar-refractivity contribution in [3.8, 4) is 5.69 Å². The van der Waals surface area contributed by atoms with Crippen molar-refractivity contribution in [2.24, 2.45) is 0 Å².